The first-order valence-electron chi connectivity index (χ1n) is 9.12. The van der Waals surface area contributed by atoms with Crippen molar-refractivity contribution in [1.29, 1.82) is 0 Å². The molecule has 0 amide bonds. The summed E-state index contributed by atoms with van der Waals surface area (Å²) in [6, 6.07) is 10.4. The number of nitrogens with zero attached hydrogens (tertiary/aromatic N) is 2. The van der Waals surface area contributed by atoms with Crippen LogP contribution < -0.4 is 18.9 Å². The largest absolute Gasteiger partial charge is 0.497 e. The predicted octanol–water partition coefficient (Wildman–Crippen LogP) is 4.14. The lowest BCUT2D eigenvalue weighted by atomic mass is 10.1. The van der Waals surface area contributed by atoms with E-state index in [9.17, 15) is 4.79 Å². The normalized spacial score (nSPS) is 10.5. The first-order chi connectivity index (χ1) is 14.6. The topological polar surface area (TPSA) is 92.9 Å². The molecule has 2 aromatic carbocycles. The molecule has 3 aromatic rings. The maximum Gasteiger partial charge on any atom is 0.277 e. The zero-order valence-corrected chi connectivity index (χ0v) is 17.9. The minimum Gasteiger partial charge on any atom is -0.497 e. The molecule has 0 aliphatic rings. The summed E-state index contributed by atoms with van der Waals surface area (Å²) >= 11 is 1.17. The number of methoxy groups -OCH3 is 3. The second kappa shape index (κ2) is 10.0. The van der Waals surface area contributed by atoms with E-state index in [-0.39, 0.29) is 17.4 Å². The van der Waals surface area contributed by atoms with Crippen molar-refractivity contribution < 1.29 is 28.2 Å². The summed E-state index contributed by atoms with van der Waals surface area (Å²) in [5.41, 5.74) is 1.21. The van der Waals surface area contributed by atoms with Gasteiger partial charge in [-0.25, -0.2) is 0 Å². The molecule has 158 valence electrons. The minimum absolute atomic E-state index is 0.0493. The van der Waals surface area contributed by atoms with E-state index in [0.29, 0.717) is 46.0 Å². The molecule has 0 atom stereocenters. The van der Waals surface area contributed by atoms with E-state index in [1.807, 2.05) is 6.92 Å². The first-order valence-corrected chi connectivity index (χ1v) is 10.1. The lowest BCUT2D eigenvalue weighted by Gasteiger charge is -2.14. The van der Waals surface area contributed by atoms with Gasteiger partial charge in [0.25, 0.3) is 5.22 Å². The van der Waals surface area contributed by atoms with Crippen LogP contribution in [0, 0.1) is 0 Å². The van der Waals surface area contributed by atoms with Crippen LogP contribution >= 0.6 is 11.8 Å². The van der Waals surface area contributed by atoms with Crippen LogP contribution in [0.15, 0.2) is 46.0 Å². The van der Waals surface area contributed by atoms with Crippen molar-refractivity contribution >= 4 is 17.5 Å². The number of rotatable bonds is 10. The molecule has 0 saturated carbocycles. The highest BCUT2D eigenvalue weighted by molar-refractivity contribution is 7.99. The smallest absolute Gasteiger partial charge is 0.277 e. The molecule has 30 heavy (non-hydrogen) atoms. The fraction of sp³-hybridized carbons (Fsp3) is 0.286. The van der Waals surface area contributed by atoms with Crippen molar-refractivity contribution in [2.45, 2.75) is 12.1 Å². The quantitative estimate of drug-likeness (QED) is 0.347. The molecule has 0 aliphatic carbocycles. The van der Waals surface area contributed by atoms with E-state index in [0.717, 1.165) is 0 Å². The predicted molar refractivity (Wildman–Crippen MR) is 112 cm³/mol. The van der Waals surface area contributed by atoms with E-state index in [4.69, 9.17) is 23.4 Å². The maximum absolute atomic E-state index is 12.4. The highest BCUT2D eigenvalue weighted by Crippen LogP contribution is 2.41. The van der Waals surface area contributed by atoms with Crippen LogP contribution in [0.3, 0.4) is 0 Å². The fourth-order valence-corrected chi connectivity index (χ4v) is 3.32. The molecule has 0 radical (unpaired) electrons. The molecular weight excluding hydrogens is 408 g/mol. The Kier molecular flexibility index (Phi) is 7.18. The summed E-state index contributed by atoms with van der Waals surface area (Å²) in [7, 11) is 4.66. The molecule has 0 aliphatic heterocycles. The molecule has 9 heteroatoms. The monoisotopic (exact) mass is 430 g/mol. The van der Waals surface area contributed by atoms with Gasteiger partial charge >= 0.3 is 0 Å². The van der Waals surface area contributed by atoms with Crippen molar-refractivity contribution in [3.8, 4) is 34.5 Å². The molecule has 0 bridgehead atoms. The molecule has 3 rings (SSSR count). The number of carbonyl (C=O) groups is 1. The number of benzene rings is 2. The molecule has 0 spiro atoms. The van der Waals surface area contributed by atoms with Crippen LogP contribution in [0.25, 0.3) is 11.5 Å². The van der Waals surface area contributed by atoms with Crippen molar-refractivity contribution in [1.82, 2.24) is 10.2 Å². The summed E-state index contributed by atoms with van der Waals surface area (Å²) in [6.45, 7) is 2.34. The van der Waals surface area contributed by atoms with Crippen LogP contribution in [0.2, 0.25) is 0 Å². The zero-order valence-electron chi connectivity index (χ0n) is 17.1. The van der Waals surface area contributed by atoms with Crippen LogP contribution in [-0.2, 0) is 0 Å². The molecule has 8 nitrogen and oxygen atoms in total. The highest BCUT2D eigenvalue weighted by Gasteiger charge is 2.18. The van der Waals surface area contributed by atoms with Gasteiger partial charge in [0.2, 0.25) is 11.6 Å². The maximum atomic E-state index is 12.4. The molecule has 1 aromatic heterocycles. The summed E-state index contributed by atoms with van der Waals surface area (Å²) in [5.74, 6) is 2.60. The highest BCUT2D eigenvalue weighted by atomic mass is 32.2. The number of carbonyl (C=O) groups excluding carboxylic acids is 1. The number of hydrogen-bond acceptors (Lipinski definition) is 9. The van der Waals surface area contributed by atoms with Gasteiger partial charge in [-0.15, -0.1) is 10.2 Å². The van der Waals surface area contributed by atoms with E-state index < -0.39 is 0 Å². The second-order valence-electron chi connectivity index (χ2n) is 5.96. The number of Topliss-reactive ketones (excluding diaryl/α,β-unsaturated/α-hetero) is 1. The van der Waals surface area contributed by atoms with Gasteiger partial charge in [0.15, 0.2) is 17.3 Å². The average Bonchev–Trinajstić information content (AvgIpc) is 3.26. The first kappa shape index (κ1) is 21.5. The lowest BCUT2D eigenvalue weighted by molar-refractivity contribution is 0.102. The van der Waals surface area contributed by atoms with Gasteiger partial charge in [0.05, 0.1) is 33.7 Å². The number of hydrogen-bond donors (Lipinski definition) is 0. The number of thioether (sulfide) groups is 1. The summed E-state index contributed by atoms with van der Waals surface area (Å²) in [4.78, 5) is 12.4. The fourth-order valence-electron chi connectivity index (χ4n) is 2.66. The van der Waals surface area contributed by atoms with Crippen LogP contribution in [0.5, 0.6) is 23.0 Å². The number of ketones is 1. The van der Waals surface area contributed by atoms with Gasteiger partial charge < -0.3 is 23.4 Å². The van der Waals surface area contributed by atoms with Crippen LogP contribution in [0.1, 0.15) is 17.3 Å². The van der Waals surface area contributed by atoms with Gasteiger partial charge in [-0.05, 0) is 43.3 Å². The van der Waals surface area contributed by atoms with Gasteiger partial charge in [0, 0.05) is 11.1 Å². The average molecular weight is 430 g/mol. The molecule has 0 N–H and O–H groups in total. The van der Waals surface area contributed by atoms with Crippen molar-refractivity contribution in [2.75, 3.05) is 33.7 Å². The number of aromatic nitrogens is 2. The summed E-state index contributed by atoms with van der Waals surface area (Å²) in [6.07, 6.45) is 0. The van der Waals surface area contributed by atoms with Crippen LogP contribution in [0.4, 0.5) is 0 Å². The zero-order chi connectivity index (χ0) is 21.5. The molecule has 0 saturated heterocycles. The Hall–Kier alpha value is -3.20. The van der Waals surface area contributed by atoms with Gasteiger partial charge in [0.1, 0.15) is 5.75 Å². The third-order valence-electron chi connectivity index (χ3n) is 4.14. The second-order valence-corrected chi connectivity index (χ2v) is 6.88. The Morgan fingerprint density at radius 3 is 2.23 bits per heavy atom. The van der Waals surface area contributed by atoms with Gasteiger partial charge in [-0.1, -0.05) is 11.8 Å². The standard InChI is InChI=1S/C21H22N2O6S/c1-5-28-19-17(26-3)10-14(11-18(19)27-4)20-22-23-21(29-20)30-12-16(24)13-6-8-15(25-2)9-7-13/h6-11H,5,12H2,1-4H3. The Bertz CT molecular complexity index is 978. The van der Waals surface area contributed by atoms with E-state index in [1.54, 1.807) is 57.7 Å². The third-order valence-corrected chi connectivity index (χ3v) is 4.96. The lowest BCUT2D eigenvalue weighted by Crippen LogP contribution is -2.02. The van der Waals surface area contributed by atoms with E-state index in [1.165, 1.54) is 11.8 Å². The number of ether oxygens (including phenoxy) is 4. The Morgan fingerprint density at radius 2 is 1.67 bits per heavy atom. The molecular formula is C21H22N2O6S. The van der Waals surface area contributed by atoms with E-state index >= 15 is 0 Å². The van der Waals surface area contributed by atoms with Gasteiger partial charge in [-0.2, -0.15) is 0 Å². The minimum atomic E-state index is -0.0493. The van der Waals surface area contributed by atoms with Crippen molar-refractivity contribution in [3.63, 3.8) is 0 Å². The third kappa shape index (κ3) is 4.85. The summed E-state index contributed by atoms with van der Waals surface area (Å²) < 4.78 is 27.2. The Morgan fingerprint density at radius 1 is 1.00 bits per heavy atom. The SMILES string of the molecule is CCOc1c(OC)cc(-c2nnc(SCC(=O)c3ccc(OC)cc3)o2)cc1OC. The van der Waals surface area contributed by atoms with E-state index in [2.05, 4.69) is 10.2 Å². The van der Waals surface area contributed by atoms with Crippen LogP contribution in [-0.4, -0.2) is 49.7 Å². The van der Waals surface area contributed by atoms with Gasteiger partial charge in [-0.3, -0.25) is 4.79 Å². The molecule has 0 fully saturated rings. The van der Waals surface area contributed by atoms with Crippen molar-refractivity contribution in [3.05, 3.63) is 42.0 Å². The molecule has 1 heterocycles. The molecule has 0 unspecified atom stereocenters. The summed E-state index contributed by atoms with van der Waals surface area (Å²) in [5, 5.41) is 8.38. The Labute approximate surface area is 178 Å². The Balaban J connectivity index is 1.73. The van der Waals surface area contributed by atoms with Crippen molar-refractivity contribution in [2.24, 2.45) is 0 Å².